The lowest BCUT2D eigenvalue weighted by molar-refractivity contribution is -0.121. The second-order valence-corrected chi connectivity index (χ2v) is 7.42. The van der Waals surface area contributed by atoms with Crippen LogP contribution in [0, 0.1) is 11.8 Å². The van der Waals surface area contributed by atoms with Gasteiger partial charge in [-0.3, -0.25) is 4.79 Å². The molecule has 29 heavy (non-hydrogen) atoms. The van der Waals surface area contributed by atoms with Gasteiger partial charge in [0.1, 0.15) is 12.4 Å². The molecule has 1 aromatic rings. The van der Waals surface area contributed by atoms with E-state index >= 15 is 0 Å². The van der Waals surface area contributed by atoms with Crippen LogP contribution in [0.4, 0.5) is 0 Å². The number of ether oxygens (including phenoxy) is 1. The van der Waals surface area contributed by atoms with Crippen LogP contribution in [0.2, 0.25) is 0 Å². The van der Waals surface area contributed by atoms with Crippen molar-refractivity contribution >= 4 is 12.7 Å². The van der Waals surface area contributed by atoms with Crippen LogP contribution in [0.3, 0.4) is 0 Å². The van der Waals surface area contributed by atoms with Gasteiger partial charge in [-0.15, -0.1) is 0 Å². The van der Waals surface area contributed by atoms with Gasteiger partial charge in [0, 0.05) is 26.1 Å². The van der Waals surface area contributed by atoms with Crippen LogP contribution in [0.15, 0.2) is 30.3 Å². The van der Waals surface area contributed by atoms with E-state index in [1.54, 1.807) is 26.0 Å². The fourth-order valence-corrected chi connectivity index (χ4v) is 3.22. The van der Waals surface area contributed by atoms with Gasteiger partial charge >= 0.3 is 0 Å². The van der Waals surface area contributed by atoms with Gasteiger partial charge in [-0.05, 0) is 31.4 Å². The van der Waals surface area contributed by atoms with Crippen LogP contribution >= 0.6 is 0 Å². The van der Waals surface area contributed by atoms with Crippen molar-refractivity contribution in [2.45, 2.75) is 65.3 Å². The second-order valence-electron chi connectivity index (χ2n) is 7.42. The number of benzene rings is 1. The molecular formula is C23H40N2O4. The molecule has 0 aliphatic carbocycles. The molecule has 0 spiro atoms. The maximum Gasteiger partial charge on any atom is 0.209 e. The summed E-state index contributed by atoms with van der Waals surface area (Å²) in [6.07, 6.45) is 2.00. The molecule has 6 atom stereocenters. The van der Waals surface area contributed by atoms with Gasteiger partial charge in [0.15, 0.2) is 0 Å². The number of carbonyl (C=O) groups is 2. The van der Waals surface area contributed by atoms with Crippen LogP contribution in [-0.4, -0.2) is 61.6 Å². The summed E-state index contributed by atoms with van der Waals surface area (Å²) in [6, 6.07) is 10.0. The number of aliphatic hydroxyl groups is 1. The molecule has 6 unspecified atom stereocenters. The molecule has 1 aliphatic rings. The predicted octanol–water partition coefficient (Wildman–Crippen LogP) is 3.06. The Bertz CT molecular complexity index is 555. The molecule has 1 saturated heterocycles. The zero-order valence-corrected chi connectivity index (χ0v) is 19.0. The van der Waals surface area contributed by atoms with Crippen LogP contribution in [-0.2, 0) is 14.3 Å². The number of amides is 1. The molecule has 1 aliphatic heterocycles. The average Bonchev–Trinajstić information content (AvgIpc) is 3.21. The lowest BCUT2D eigenvalue weighted by atomic mass is 9.96. The zero-order chi connectivity index (χ0) is 22.4. The minimum atomic E-state index is -0.521. The monoisotopic (exact) mass is 408 g/mol. The van der Waals surface area contributed by atoms with Gasteiger partial charge in [-0.2, -0.15) is 0 Å². The standard InChI is InChI=1S/C12H17NO2.C9H17NO2.C2H6/c1-10(13(2)9-14)12(15-3)11-7-5-4-6-8-11;1-6-3-8(10-4-6)9(12)7(2)5-11;1-2/h4-10,12H,1-3H3;5-10,12H,3-4H2,1-2H3;1-2H3. The van der Waals surface area contributed by atoms with Crippen LogP contribution < -0.4 is 5.32 Å². The molecule has 1 heterocycles. The summed E-state index contributed by atoms with van der Waals surface area (Å²) in [4.78, 5) is 22.7. The highest BCUT2D eigenvalue weighted by molar-refractivity contribution is 5.54. The first kappa shape index (κ1) is 27.2. The summed E-state index contributed by atoms with van der Waals surface area (Å²) in [5.74, 6) is 0.358. The summed E-state index contributed by atoms with van der Waals surface area (Å²) in [7, 11) is 3.42. The lowest BCUT2D eigenvalue weighted by Crippen LogP contribution is -2.39. The van der Waals surface area contributed by atoms with Crippen molar-refractivity contribution in [3.8, 4) is 0 Å². The number of aliphatic hydroxyl groups excluding tert-OH is 1. The van der Waals surface area contributed by atoms with Crippen molar-refractivity contribution < 1.29 is 19.4 Å². The molecule has 1 fully saturated rings. The topological polar surface area (TPSA) is 78.9 Å². The summed E-state index contributed by atoms with van der Waals surface area (Å²) in [5, 5.41) is 12.9. The van der Waals surface area contributed by atoms with Gasteiger partial charge < -0.3 is 24.9 Å². The van der Waals surface area contributed by atoms with E-state index in [4.69, 9.17) is 4.74 Å². The molecule has 2 rings (SSSR count). The maximum atomic E-state index is 10.7. The van der Waals surface area contributed by atoms with Crippen molar-refractivity contribution in [3.05, 3.63) is 35.9 Å². The van der Waals surface area contributed by atoms with E-state index in [9.17, 15) is 14.7 Å². The number of hydrogen-bond acceptors (Lipinski definition) is 5. The second kappa shape index (κ2) is 15.1. The highest BCUT2D eigenvalue weighted by Crippen LogP contribution is 2.22. The predicted molar refractivity (Wildman–Crippen MR) is 118 cm³/mol. The zero-order valence-electron chi connectivity index (χ0n) is 19.0. The number of rotatable bonds is 8. The van der Waals surface area contributed by atoms with E-state index in [0.717, 1.165) is 31.2 Å². The first-order valence-electron chi connectivity index (χ1n) is 10.5. The number of methoxy groups -OCH3 is 1. The van der Waals surface area contributed by atoms with Crippen molar-refractivity contribution in [2.75, 3.05) is 20.7 Å². The fraction of sp³-hybridized carbons (Fsp3) is 0.652. The fourth-order valence-electron chi connectivity index (χ4n) is 3.22. The van der Waals surface area contributed by atoms with Crippen molar-refractivity contribution in [3.63, 3.8) is 0 Å². The maximum absolute atomic E-state index is 10.7. The van der Waals surface area contributed by atoms with E-state index in [0.29, 0.717) is 5.92 Å². The number of carbonyl (C=O) groups excluding carboxylic acids is 2. The van der Waals surface area contributed by atoms with Gasteiger partial charge in [0.25, 0.3) is 0 Å². The van der Waals surface area contributed by atoms with E-state index in [-0.39, 0.29) is 24.1 Å². The summed E-state index contributed by atoms with van der Waals surface area (Å²) in [5.41, 5.74) is 1.08. The minimum absolute atomic E-state index is 0.0231. The van der Waals surface area contributed by atoms with Crippen molar-refractivity contribution in [1.29, 1.82) is 0 Å². The van der Waals surface area contributed by atoms with E-state index in [1.165, 1.54) is 0 Å². The van der Waals surface area contributed by atoms with E-state index in [2.05, 4.69) is 12.2 Å². The number of aldehydes is 1. The van der Waals surface area contributed by atoms with Crippen LogP contribution in [0.5, 0.6) is 0 Å². The normalized spacial score (nSPS) is 21.9. The SMILES string of the molecule is CC.CC1CNC(C(O)C(C)C=O)C1.COC(c1ccccc1)C(C)N(C)C=O. The summed E-state index contributed by atoms with van der Waals surface area (Å²) >= 11 is 0. The first-order valence-corrected chi connectivity index (χ1v) is 10.5. The Hall–Kier alpha value is -1.76. The average molecular weight is 409 g/mol. The first-order chi connectivity index (χ1) is 13.8. The molecular weight excluding hydrogens is 368 g/mol. The third-order valence-electron chi connectivity index (χ3n) is 5.18. The molecule has 0 saturated carbocycles. The molecule has 166 valence electrons. The lowest BCUT2D eigenvalue weighted by Gasteiger charge is -2.28. The number of nitrogens with one attached hydrogen (secondary N) is 1. The van der Waals surface area contributed by atoms with Gasteiger partial charge in [0.2, 0.25) is 6.41 Å². The molecule has 6 nitrogen and oxygen atoms in total. The van der Waals surface area contributed by atoms with Gasteiger partial charge in [-0.1, -0.05) is 58.0 Å². The molecule has 1 amide bonds. The molecule has 0 bridgehead atoms. The third-order valence-corrected chi connectivity index (χ3v) is 5.18. The molecule has 6 heteroatoms. The highest BCUT2D eigenvalue weighted by atomic mass is 16.5. The largest absolute Gasteiger partial charge is 0.391 e. The van der Waals surface area contributed by atoms with E-state index in [1.807, 2.05) is 51.1 Å². The Balaban J connectivity index is 0.000000508. The Morgan fingerprint density at radius 3 is 2.21 bits per heavy atom. The summed E-state index contributed by atoms with van der Waals surface area (Å²) in [6.45, 7) is 10.8. The smallest absolute Gasteiger partial charge is 0.209 e. The number of hydrogen-bond donors (Lipinski definition) is 2. The van der Waals surface area contributed by atoms with Crippen LogP contribution in [0.25, 0.3) is 0 Å². The van der Waals surface area contributed by atoms with Crippen LogP contribution in [0.1, 0.15) is 52.7 Å². The Labute approximate surface area is 176 Å². The molecule has 0 aromatic heterocycles. The molecule has 2 N–H and O–H groups in total. The molecule has 1 aromatic carbocycles. The van der Waals surface area contributed by atoms with Gasteiger partial charge in [0.05, 0.1) is 12.1 Å². The summed E-state index contributed by atoms with van der Waals surface area (Å²) < 4.78 is 5.42. The van der Waals surface area contributed by atoms with Crippen molar-refractivity contribution in [2.24, 2.45) is 11.8 Å². The third kappa shape index (κ3) is 9.07. The Morgan fingerprint density at radius 1 is 1.21 bits per heavy atom. The number of likely N-dealkylation sites (N-methyl/N-ethyl adjacent to an activating group) is 1. The van der Waals surface area contributed by atoms with E-state index < -0.39 is 6.10 Å². The quantitative estimate of drug-likeness (QED) is 0.647. The Morgan fingerprint density at radius 2 is 1.79 bits per heavy atom. The Kier molecular flexibility index (Phi) is 14.2. The minimum Gasteiger partial charge on any atom is -0.391 e. The van der Waals surface area contributed by atoms with Gasteiger partial charge in [-0.25, -0.2) is 0 Å². The number of nitrogens with zero attached hydrogens (tertiary/aromatic N) is 1. The highest BCUT2D eigenvalue weighted by Gasteiger charge is 2.30. The molecule has 0 radical (unpaired) electrons. The van der Waals surface area contributed by atoms with Crippen molar-refractivity contribution in [1.82, 2.24) is 10.2 Å².